The molecule has 0 aliphatic rings. The molecule has 2 rings (SSSR count). The van der Waals surface area contributed by atoms with Crippen molar-refractivity contribution in [3.05, 3.63) is 59.2 Å². The van der Waals surface area contributed by atoms with Crippen LogP contribution in [-0.2, 0) is 19.3 Å². The fourth-order valence-electron chi connectivity index (χ4n) is 3.56. The number of phenolic OH excluding ortho intramolecular Hbond substituents is 2. The molecular weight excluding hydrogens is 360 g/mol. The fourth-order valence-corrected chi connectivity index (χ4v) is 3.56. The number of hydrogen-bond acceptors (Lipinski definition) is 4. The summed E-state index contributed by atoms with van der Waals surface area (Å²) in [5, 5.41) is 26.8. The molecule has 0 spiro atoms. The molecule has 0 saturated carbocycles. The minimum atomic E-state index is 0.00308. The van der Waals surface area contributed by atoms with Gasteiger partial charge in [-0.15, -0.1) is 0 Å². The molecule has 29 heavy (non-hydrogen) atoms. The molecule has 0 saturated heterocycles. The van der Waals surface area contributed by atoms with Crippen LogP contribution in [0.25, 0.3) is 0 Å². The Hall–Kier alpha value is -2.04. The average molecular weight is 399 g/mol. The number of rotatable bonds is 15. The van der Waals surface area contributed by atoms with Crippen LogP contribution >= 0.6 is 0 Å². The highest BCUT2D eigenvalue weighted by atomic mass is 16.3. The van der Waals surface area contributed by atoms with Crippen molar-refractivity contribution in [1.82, 2.24) is 10.6 Å². The second-order valence-electron chi connectivity index (χ2n) is 7.77. The summed E-state index contributed by atoms with van der Waals surface area (Å²) in [4.78, 5) is 0. The van der Waals surface area contributed by atoms with Gasteiger partial charge in [-0.25, -0.2) is 0 Å². The second-order valence-corrected chi connectivity index (χ2v) is 7.77. The lowest BCUT2D eigenvalue weighted by molar-refractivity contribution is 0.398. The zero-order valence-electron chi connectivity index (χ0n) is 17.9. The number of nitrogens with one attached hydrogen (secondary N) is 2. The number of aromatic hydroxyl groups is 2. The van der Waals surface area contributed by atoms with Crippen LogP contribution in [0, 0.1) is 0 Å². The molecule has 0 aliphatic carbocycles. The summed E-state index contributed by atoms with van der Waals surface area (Å²) in [6, 6.07) is 14.3. The predicted octanol–water partition coefficient (Wildman–Crippen LogP) is 4.58. The molecule has 0 aliphatic heterocycles. The van der Waals surface area contributed by atoms with Gasteiger partial charge in [-0.2, -0.15) is 0 Å². The topological polar surface area (TPSA) is 64.5 Å². The molecule has 0 bridgehead atoms. The molecule has 0 amide bonds. The highest BCUT2D eigenvalue weighted by Gasteiger charge is 2.08. The van der Waals surface area contributed by atoms with Gasteiger partial charge in [-0.1, -0.05) is 62.6 Å². The van der Waals surface area contributed by atoms with Crippen molar-refractivity contribution < 1.29 is 10.2 Å². The van der Waals surface area contributed by atoms with Crippen LogP contribution in [0.2, 0.25) is 0 Å². The molecule has 0 unspecified atom stereocenters. The molecule has 0 heterocycles. The standard InChI is InChI=1S/C25H38N2O2/c1-2-10-23-19-22(20-24(28)25(23)29)14-18-27-16-9-4-3-8-15-26-17-13-21-11-6-5-7-12-21/h5-7,11-12,19-20,26-29H,2-4,8-10,13-18H2,1H3. The lowest BCUT2D eigenvalue weighted by Crippen LogP contribution is -2.19. The Morgan fingerprint density at radius 3 is 1.93 bits per heavy atom. The number of hydrogen-bond donors (Lipinski definition) is 4. The molecular formula is C25H38N2O2. The van der Waals surface area contributed by atoms with Gasteiger partial charge in [0.15, 0.2) is 11.5 Å². The number of phenols is 2. The molecule has 4 heteroatoms. The first kappa shape index (κ1) is 23.2. The van der Waals surface area contributed by atoms with E-state index >= 15 is 0 Å². The highest BCUT2D eigenvalue weighted by molar-refractivity contribution is 5.47. The summed E-state index contributed by atoms with van der Waals surface area (Å²) in [6.45, 7) is 6.17. The van der Waals surface area contributed by atoms with E-state index in [2.05, 4.69) is 47.9 Å². The minimum absolute atomic E-state index is 0.00308. The van der Waals surface area contributed by atoms with Crippen LogP contribution in [0.5, 0.6) is 11.5 Å². The van der Waals surface area contributed by atoms with E-state index in [1.54, 1.807) is 6.07 Å². The Kier molecular flexibility index (Phi) is 11.2. The van der Waals surface area contributed by atoms with Gasteiger partial charge >= 0.3 is 0 Å². The zero-order chi connectivity index (χ0) is 20.7. The Morgan fingerprint density at radius 1 is 0.690 bits per heavy atom. The van der Waals surface area contributed by atoms with Gasteiger partial charge in [0.1, 0.15) is 0 Å². The van der Waals surface area contributed by atoms with Gasteiger partial charge in [0.2, 0.25) is 0 Å². The van der Waals surface area contributed by atoms with Crippen molar-refractivity contribution in [2.75, 3.05) is 26.2 Å². The first-order chi connectivity index (χ1) is 14.2. The van der Waals surface area contributed by atoms with Crippen LogP contribution in [0.4, 0.5) is 0 Å². The average Bonchev–Trinajstić information content (AvgIpc) is 2.73. The SMILES string of the molecule is CCCc1cc(CCNCCCCCCNCCc2ccccc2)cc(O)c1O. The molecule has 4 nitrogen and oxygen atoms in total. The number of benzene rings is 2. The van der Waals surface area contributed by atoms with Gasteiger partial charge < -0.3 is 20.8 Å². The van der Waals surface area contributed by atoms with Gasteiger partial charge in [-0.3, -0.25) is 0 Å². The first-order valence-corrected chi connectivity index (χ1v) is 11.2. The van der Waals surface area contributed by atoms with Crippen LogP contribution in [-0.4, -0.2) is 36.4 Å². The zero-order valence-corrected chi connectivity index (χ0v) is 17.9. The molecule has 2 aromatic carbocycles. The molecule has 0 radical (unpaired) electrons. The van der Waals surface area contributed by atoms with Gasteiger partial charge in [0.05, 0.1) is 0 Å². The summed E-state index contributed by atoms with van der Waals surface area (Å²) in [5.74, 6) is 0.0430. The minimum Gasteiger partial charge on any atom is -0.504 e. The smallest absolute Gasteiger partial charge is 0.160 e. The molecule has 160 valence electrons. The van der Waals surface area contributed by atoms with E-state index in [-0.39, 0.29) is 11.5 Å². The van der Waals surface area contributed by atoms with E-state index in [1.807, 2.05) is 6.07 Å². The van der Waals surface area contributed by atoms with E-state index in [0.717, 1.165) is 63.0 Å². The quantitative estimate of drug-likeness (QED) is 0.262. The lowest BCUT2D eigenvalue weighted by atomic mass is 10.0. The fraction of sp³-hybridized carbons (Fsp3) is 0.520. The van der Waals surface area contributed by atoms with Crippen LogP contribution < -0.4 is 10.6 Å². The van der Waals surface area contributed by atoms with E-state index < -0.39 is 0 Å². The molecule has 0 atom stereocenters. The van der Waals surface area contributed by atoms with E-state index in [9.17, 15) is 10.2 Å². The summed E-state index contributed by atoms with van der Waals surface area (Å²) >= 11 is 0. The van der Waals surface area contributed by atoms with Crippen LogP contribution in [0.1, 0.15) is 55.7 Å². The van der Waals surface area contributed by atoms with Crippen molar-refractivity contribution in [2.24, 2.45) is 0 Å². The van der Waals surface area contributed by atoms with Gasteiger partial charge in [0.25, 0.3) is 0 Å². The summed E-state index contributed by atoms with van der Waals surface area (Å²) in [5.41, 5.74) is 3.33. The normalized spacial score (nSPS) is 11.1. The summed E-state index contributed by atoms with van der Waals surface area (Å²) in [7, 11) is 0. The van der Waals surface area contributed by atoms with Crippen LogP contribution in [0.3, 0.4) is 0 Å². The third kappa shape index (κ3) is 9.33. The van der Waals surface area contributed by atoms with Crippen LogP contribution in [0.15, 0.2) is 42.5 Å². The Labute approximate surface area is 176 Å². The maximum Gasteiger partial charge on any atom is 0.160 e. The maximum atomic E-state index is 9.90. The van der Waals surface area contributed by atoms with Crippen molar-refractivity contribution in [3.63, 3.8) is 0 Å². The largest absolute Gasteiger partial charge is 0.504 e. The second kappa shape index (κ2) is 14.0. The van der Waals surface area contributed by atoms with Gasteiger partial charge in [0, 0.05) is 0 Å². The monoisotopic (exact) mass is 398 g/mol. The van der Waals surface area contributed by atoms with Gasteiger partial charge in [-0.05, 0) is 81.0 Å². The van der Waals surface area contributed by atoms with Crippen molar-refractivity contribution in [2.45, 2.75) is 58.3 Å². The third-order valence-electron chi connectivity index (χ3n) is 5.23. The molecule has 0 fully saturated rings. The third-order valence-corrected chi connectivity index (χ3v) is 5.23. The Morgan fingerprint density at radius 2 is 1.31 bits per heavy atom. The Bertz CT molecular complexity index is 689. The van der Waals surface area contributed by atoms with E-state index in [4.69, 9.17) is 0 Å². The number of unbranched alkanes of at least 4 members (excludes halogenated alkanes) is 3. The summed E-state index contributed by atoms with van der Waals surface area (Å²) in [6.07, 6.45) is 8.69. The molecule has 4 N–H and O–H groups in total. The van der Waals surface area contributed by atoms with Crippen molar-refractivity contribution in [3.8, 4) is 11.5 Å². The van der Waals surface area contributed by atoms with Crippen molar-refractivity contribution in [1.29, 1.82) is 0 Å². The molecule has 0 aromatic heterocycles. The summed E-state index contributed by atoms with van der Waals surface area (Å²) < 4.78 is 0. The first-order valence-electron chi connectivity index (χ1n) is 11.2. The maximum absolute atomic E-state index is 9.90. The van der Waals surface area contributed by atoms with E-state index in [0.29, 0.717) is 0 Å². The molecule has 2 aromatic rings. The van der Waals surface area contributed by atoms with E-state index in [1.165, 1.54) is 31.2 Å². The highest BCUT2D eigenvalue weighted by Crippen LogP contribution is 2.31. The Balaban J connectivity index is 1.44. The van der Waals surface area contributed by atoms with Crippen molar-refractivity contribution >= 4 is 0 Å². The lowest BCUT2D eigenvalue weighted by Gasteiger charge is -2.10. The number of aryl methyl sites for hydroxylation is 1. The predicted molar refractivity (Wildman–Crippen MR) is 122 cm³/mol.